The van der Waals surface area contributed by atoms with E-state index in [1.165, 1.54) is 38.2 Å². The topological polar surface area (TPSA) is 84.0 Å². The Balaban J connectivity index is 2.38. The van der Waals surface area contributed by atoms with Crippen LogP contribution in [0.4, 0.5) is 0 Å². The SMILES string of the molecule is COC(=O)CCN(Cc1ccccc1)C(=O)c1ccc(Br)c(S(=O)(=O)N(C)C)c1. The van der Waals surface area contributed by atoms with Gasteiger partial charge in [-0.25, -0.2) is 12.7 Å². The normalized spacial score (nSPS) is 11.3. The van der Waals surface area contributed by atoms with E-state index < -0.39 is 16.0 Å². The molecule has 0 aromatic heterocycles. The molecule has 0 N–H and O–H groups in total. The molecule has 9 heteroatoms. The van der Waals surface area contributed by atoms with Gasteiger partial charge in [0.2, 0.25) is 10.0 Å². The molecule has 1 amide bonds. The van der Waals surface area contributed by atoms with E-state index in [9.17, 15) is 18.0 Å². The van der Waals surface area contributed by atoms with Gasteiger partial charge in [0.1, 0.15) is 0 Å². The number of halogens is 1. The Kier molecular flexibility index (Phi) is 7.95. The van der Waals surface area contributed by atoms with Crippen LogP contribution in [0.2, 0.25) is 0 Å². The molecule has 2 aromatic rings. The first-order valence-electron chi connectivity index (χ1n) is 8.79. The number of esters is 1. The standard InChI is InChI=1S/C20H23BrN2O5S/c1-22(2)29(26,27)18-13-16(9-10-17(18)21)20(25)23(12-11-19(24)28-3)14-15-7-5-4-6-8-15/h4-10,13H,11-12,14H2,1-3H3. The van der Waals surface area contributed by atoms with Gasteiger partial charge in [0.15, 0.2) is 0 Å². The maximum absolute atomic E-state index is 13.2. The zero-order valence-electron chi connectivity index (χ0n) is 16.5. The van der Waals surface area contributed by atoms with Gasteiger partial charge >= 0.3 is 5.97 Å². The van der Waals surface area contributed by atoms with Gasteiger partial charge in [-0.1, -0.05) is 30.3 Å². The number of hydrogen-bond donors (Lipinski definition) is 0. The molecule has 0 radical (unpaired) electrons. The zero-order valence-corrected chi connectivity index (χ0v) is 18.9. The number of hydrogen-bond acceptors (Lipinski definition) is 5. The molecule has 0 aliphatic carbocycles. The molecular weight excluding hydrogens is 460 g/mol. The van der Waals surface area contributed by atoms with Crippen molar-refractivity contribution in [3.8, 4) is 0 Å². The van der Waals surface area contributed by atoms with E-state index >= 15 is 0 Å². The number of sulfonamides is 1. The Morgan fingerprint density at radius 3 is 2.31 bits per heavy atom. The minimum absolute atomic E-state index is 0.000907. The molecule has 0 fully saturated rings. The average molecular weight is 483 g/mol. The van der Waals surface area contributed by atoms with Crippen molar-refractivity contribution >= 4 is 37.8 Å². The second-order valence-corrected chi connectivity index (χ2v) is 9.45. The second-order valence-electron chi connectivity index (χ2n) is 6.47. The van der Waals surface area contributed by atoms with E-state index in [1.54, 1.807) is 6.07 Å². The first kappa shape index (κ1) is 23.1. The molecule has 7 nitrogen and oxygen atoms in total. The quantitative estimate of drug-likeness (QED) is 0.540. The molecule has 0 aliphatic heterocycles. The van der Waals surface area contributed by atoms with Gasteiger partial charge in [-0.2, -0.15) is 0 Å². The minimum Gasteiger partial charge on any atom is -0.469 e. The van der Waals surface area contributed by atoms with Gasteiger partial charge in [-0.3, -0.25) is 9.59 Å². The molecule has 0 spiro atoms. The van der Waals surface area contributed by atoms with Gasteiger partial charge in [0, 0.05) is 37.2 Å². The Labute approximate surface area is 179 Å². The summed E-state index contributed by atoms with van der Waals surface area (Å²) in [7, 11) is 0.404. The summed E-state index contributed by atoms with van der Waals surface area (Å²) in [4.78, 5) is 26.2. The molecule has 0 saturated carbocycles. The Bertz CT molecular complexity index is 978. The molecule has 0 unspecified atom stereocenters. The van der Waals surface area contributed by atoms with Gasteiger partial charge in [0.25, 0.3) is 5.91 Å². The lowest BCUT2D eigenvalue weighted by molar-refractivity contribution is -0.140. The highest BCUT2D eigenvalue weighted by Gasteiger charge is 2.24. The van der Waals surface area contributed by atoms with E-state index in [0.717, 1.165) is 9.87 Å². The van der Waals surface area contributed by atoms with Crippen LogP contribution in [-0.4, -0.2) is 57.2 Å². The van der Waals surface area contributed by atoms with Crippen LogP contribution in [0.3, 0.4) is 0 Å². The first-order chi connectivity index (χ1) is 13.7. The van der Waals surface area contributed by atoms with Crippen LogP contribution in [0.15, 0.2) is 57.9 Å². The maximum Gasteiger partial charge on any atom is 0.307 e. The second kappa shape index (κ2) is 10.00. The predicted octanol–water partition coefficient (Wildman–Crippen LogP) is 2.90. The van der Waals surface area contributed by atoms with Crippen molar-refractivity contribution in [2.75, 3.05) is 27.7 Å². The largest absolute Gasteiger partial charge is 0.469 e. The van der Waals surface area contributed by atoms with Crippen molar-refractivity contribution in [3.05, 3.63) is 64.1 Å². The molecule has 2 aromatic carbocycles. The van der Waals surface area contributed by atoms with Gasteiger partial charge in [0.05, 0.1) is 18.4 Å². The van der Waals surface area contributed by atoms with Crippen LogP contribution in [0.25, 0.3) is 0 Å². The fourth-order valence-electron chi connectivity index (χ4n) is 2.60. The van der Waals surface area contributed by atoms with Crippen molar-refractivity contribution in [1.29, 1.82) is 0 Å². The number of amides is 1. The van der Waals surface area contributed by atoms with Crippen molar-refractivity contribution in [2.45, 2.75) is 17.9 Å². The van der Waals surface area contributed by atoms with Crippen LogP contribution in [-0.2, 0) is 26.1 Å². The summed E-state index contributed by atoms with van der Waals surface area (Å²) in [5.41, 5.74) is 1.11. The third-order valence-corrected chi connectivity index (χ3v) is 7.06. The summed E-state index contributed by atoms with van der Waals surface area (Å²) in [6, 6.07) is 13.8. The van der Waals surface area contributed by atoms with E-state index in [1.807, 2.05) is 30.3 Å². The molecular formula is C20H23BrN2O5S. The molecule has 156 valence electrons. The van der Waals surface area contributed by atoms with Crippen LogP contribution in [0.5, 0.6) is 0 Å². The summed E-state index contributed by atoms with van der Waals surface area (Å²) < 4.78 is 31.2. The third-order valence-electron chi connectivity index (χ3n) is 4.25. The van der Waals surface area contributed by atoms with Gasteiger partial charge in [-0.05, 0) is 39.7 Å². The predicted molar refractivity (Wildman–Crippen MR) is 113 cm³/mol. The number of carbonyl (C=O) groups excluding carboxylic acids is 2. The van der Waals surface area contributed by atoms with E-state index in [2.05, 4.69) is 20.7 Å². The Hall–Kier alpha value is -2.23. The van der Waals surface area contributed by atoms with Gasteiger partial charge < -0.3 is 9.64 Å². The van der Waals surface area contributed by atoms with E-state index in [4.69, 9.17) is 0 Å². The molecule has 0 bridgehead atoms. The fourth-order valence-corrected chi connectivity index (χ4v) is 4.44. The van der Waals surface area contributed by atoms with Crippen LogP contribution in [0, 0.1) is 0 Å². The zero-order chi connectivity index (χ0) is 21.6. The lowest BCUT2D eigenvalue weighted by Crippen LogP contribution is -2.33. The summed E-state index contributed by atoms with van der Waals surface area (Å²) in [5, 5.41) is 0. The third kappa shape index (κ3) is 5.88. The molecule has 0 atom stereocenters. The van der Waals surface area contributed by atoms with Crippen molar-refractivity contribution in [1.82, 2.24) is 9.21 Å². The highest BCUT2D eigenvalue weighted by atomic mass is 79.9. The number of ether oxygens (including phenoxy) is 1. The van der Waals surface area contributed by atoms with E-state index in [0.29, 0.717) is 4.47 Å². The molecule has 0 saturated heterocycles. The van der Waals surface area contributed by atoms with Crippen molar-refractivity contribution in [2.24, 2.45) is 0 Å². The van der Waals surface area contributed by atoms with E-state index in [-0.39, 0.29) is 35.9 Å². The molecule has 29 heavy (non-hydrogen) atoms. The number of rotatable bonds is 8. The molecule has 0 heterocycles. The highest BCUT2D eigenvalue weighted by molar-refractivity contribution is 9.10. The lowest BCUT2D eigenvalue weighted by Gasteiger charge is -2.23. The average Bonchev–Trinajstić information content (AvgIpc) is 2.71. The lowest BCUT2D eigenvalue weighted by atomic mass is 10.1. The van der Waals surface area contributed by atoms with Crippen LogP contribution >= 0.6 is 15.9 Å². The van der Waals surface area contributed by atoms with Crippen molar-refractivity contribution in [3.63, 3.8) is 0 Å². The number of methoxy groups -OCH3 is 1. The van der Waals surface area contributed by atoms with Crippen molar-refractivity contribution < 1.29 is 22.7 Å². The summed E-state index contributed by atoms with van der Waals surface area (Å²) in [6.45, 7) is 0.425. The minimum atomic E-state index is -3.74. The smallest absolute Gasteiger partial charge is 0.307 e. The Morgan fingerprint density at radius 1 is 1.07 bits per heavy atom. The highest BCUT2D eigenvalue weighted by Crippen LogP contribution is 2.26. The molecule has 0 aliphatic rings. The number of benzene rings is 2. The molecule has 2 rings (SSSR count). The fraction of sp³-hybridized carbons (Fsp3) is 0.300. The van der Waals surface area contributed by atoms with Crippen LogP contribution < -0.4 is 0 Å². The van der Waals surface area contributed by atoms with Crippen LogP contribution in [0.1, 0.15) is 22.3 Å². The first-order valence-corrected chi connectivity index (χ1v) is 11.0. The monoisotopic (exact) mass is 482 g/mol. The number of carbonyl (C=O) groups is 2. The Morgan fingerprint density at radius 2 is 1.72 bits per heavy atom. The maximum atomic E-state index is 13.2. The van der Waals surface area contributed by atoms with Gasteiger partial charge in [-0.15, -0.1) is 0 Å². The summed E-state index contributed by atoms with van der Waals surface area (Å²) >= 11 is 3.24. The number of nitrogens with zero attached hydrogens (tertiary/aromatic N) is 2. The summed E-state index contributed by atoms with van der Waals surface area (Å²) in [5.74, 6) is -0.803. The summed E-state index contributed by atoms with van der Waals surface area (Å²) in [6.07, 6.45) is 0.0362.